The molecule has 2 heterocycles. The highest BCUT2D eigenvalue weighted by molar-refractivity contribution is 5.88. The van der Waals surface area contributed by atoms with Crippen LogP contribution in [0.5, 0.6) is 0 Å². The van der Waals surface area contributed by atoms with Crippen LogP contribution in [0.1, 0.15) is 52.4 Å². The number of hydrogen-bond donors (Lipinski definition) is 3. The standard InChI is InChI=1S/C20H30N2O2/c1-12-11-20(3)15(6-7-16(20)23)14-5-4-13-10-17(24)21-9-8-19(13,2)18(14)22-12/h10,14-16,18,22-23H,1,4-9,11H2,2-3H3,(H,21,24)/t14-,15-,16-,18-,19-,20-/m0/s1. The molecule has 3 N–H and O–H groups in total. The molecule has 0 spiro atoms. The first kappa shape index (κ1) is 16.2. The van der Waals surface area contributed by atoms with Crippen molar-refractivity contribution >= 4 is 5.91 Å². The maximum Gasteiger partial charge on any atom is 0.243 e. The van der Waals surface area contributed by atoms with Gasteiger partial charge in [-0.1, -0.05) is 26.0 Å². The van der Waals surface area contributed by atoms with Crippen LogP contribution in [0.3, 0.4) is 0 Å². The molecule has 1 amide bonds. The summed E-state index contributed by atoms with van der Waals surface area (Å²) in [7, 11) is 0. The van der Waals surface area contributed by atoms with E-state index in [1.165, 1.54) is 5.57 Å². The molecule has 4 heteroatoms. The van der Waals surface area contributed by atoms with Gasteiger partial charge in [-0.2, -0.15) is 0 Å². The summed E-state index contributed by atoms with van der Waals surface area (Å²) in [5, 5.41) is 17.4. The molecule has 24 heavy (non-hydrogen) atoms. The van der Waals surface area contributed by atoms with E-state index in [9.17, 15) is 9.90 Å². The smallest absolute Gasteiger partial charge is 0.243 e. The van der Waals surface area contributed by atoms with Gasteiger partial charge in [-0.3, -0.25) is 4.79 Å². The first-order valence-corrected chi connectivity index (χ1v) is 9.46. The molecule has 0 bridgehead atoms. The third-order valence-electron chi connectivity index (χ3n) is 7.67. The lowest BCUT2D eigenvalue weighted by atomic mass is 9.57. The quantitative estimate of drug-likeness (QED) is 0.639. The molecular weight excluding hydrogens is 300 g/mol. The van der Waals surface area contributed by atoms with Crippen molar-refractivity contribution in [2.24, 2.45) is 22.7 Å². The number of fused-ring (bicyclic) bond motifs is 5. The first-order valence-electron chi connectivity index (χ1n) is 9.46. The molecule has 0 unspecified atom stereocenters. The lowest BCUT2D eigenvalue weighted by Crippen LogP contribution is -2.53. The molecule has 0 aromatic carbocycles. The zero-order valence-corrected chi connectivity index (χ0v) is 14.9. The third-order valence-corrected chi connectivity index (χ3v) is 7.67. The molecule has 0 aromatic heterocycles. The van der Waals surface area contributed by atoms with Crippen molar-refractivity contribution in [2.75, 3.05) is 6.54 Å². The Morgan fingerprint density at radius 2 is 2.08 bits per heavy atom. The highest BCUT2D eigenvalue weighted by Crippen LogP contribution is 2.59. The van der Waals surface area contributed by atoms with Gasteiger partial charge in [0.05, 0.1) is 6.10 Å². The van der Waals surface area contributed by atoms with Gasteiger partial charge in [0.2, 0.25) is 5.91 Å². The Morgan fingerprint density at radius 3 is 2.88 bits per heavy atom. The van der Waals surface area contributed by atoms with E-state index in [1.807, 2.05) is 6.08 Å². The summed E-state index contributed by atoms with van der Waals surface area (Å²) in [4.78, 5) is 12.0. The van der Waals surface area contributed by atoms with Crippen molar-refractivity contribution in [3.8, 4) is 0 Å². The molecule has 2 aliphatic carbocycles. The van der Waals surface area contributed by atoms with Crippen LogP contribution < -0.4 is 10.6 Å². The monoisotopic (exact) mass is 330 g/mol. The molecule has 3 fully saturated rings. The van der Waals surface area contributed by atoms with Crippen LogP contribution in [0.15, 0.2) is 23.9 Å². The second-order valence-corrected chi connectivity index (χ2v) is 8.94. The SMILES string of the molecule is C=C1C[C@]2(C)[C@@H](O)CC[C@H]2[C@@H]2CCC3=CC(=O)NCC[C@]3(C)[C@H]2N1. The van der Waals surface area contributed by atoms with E-state index < -0.39 is 0 Å². The van der Waals surface area contributed by atoms with Crippen LogP contribution in [-0.2, 0) is 4.79 Å². The predicted octanol–water partition coefficient (Wildman–Crippen LogP) is 2.50. The third kappa shape index (κ3) is 2.18. The second-order valence-electron chi connectivity index (χ2n) is 8.94. The van der Waals surface area contributed by atoms with Crippen LogP contribution in [-0.4, -0.2) is 29.7 Å². The summed E-state index contributed by atoms with van der Waals surface area (Å²) in [6.07, 6.45) is 7.59. The van der Waals surface area contributed by atoms with Crippen LogP contribution in [0.2, 0.25) is 0 Å². The molecule has 2 saturated carbocycles. The molecule has 4 rings (SSSR count). The van der Waals surface area contributed by atoms with Gasteiger partial charge in [0.15, 0.2) is 0 Å². The van der Waals surface area contributed by atoms with Gasteiger partial charge in [-0.05, 0) is 50.4 Å². The number of aliphatic hydroxyl groups excluding tert-OH is 1. The molecule has 0 aromatic rings. The fourth-order valence-corrected chi connectivity index (χ4v) is 6.28. The lowest BCUT2D eigenvalue weighted by Gasteiger charge is -2.50. The molecule has 2 aliphatic heterocycles. The number of amides is 1. The van der Waals surface area contributed by atoms with Gasteiger partial charge in [0, 0.05) is 35.2 Å². The average molecular weight is 330 g/mol. The summed E-state index contributed by atoms with van der Waals surface area (Å²) in [5.41, 5.74) is 2.28. The van der Waals surface area contributed by atoms with Crippen molar-refractivity contribution in [3.63, 3.8) is 0 Å². The summed E-state index contributed by atoms with van der Waals surface area (Å²) in [5.74, 6) is 1.14. The Kier molecular flexibility index (Phi) is 3.61. The lowest BCUT2D eigenvalue weighted by molar-refractivity contribution is -0.116. The number of allylic oxidation sites excluding steroid dienone is 1. The maximum absolute atomic E-state index is 12.0. The summed E-state index contributed by atoms with van der Waals surface area (Å²) < 4.78 is 0. The second kappa shape index (κ2) is 5.35. The summed E-state index contributed by atoms with van der Waals surface area (Å²) in [6, 6.07) is 0.315. The molecule has 1 saturated heterocycles. The summed E-state index contributed by atoms with van der Waals surface area (Å²) in [6.45, 7) is 9.61. The number of aliphatic hydroxyl groups is 1. The molecule has 6 atom stereocenters. The van der Waals surface area contributed by atoms with Crippen molar-refractivity contribution < 1.29 is 9.90 Å². The van der Waals surface area contributed by atoms with Crippen molar-refractivity contribution in [2.45, 2.75) is 64.5 Å². The molecular formula is C20H30N2O2. The van der Waals surface area contributed by atoms with Crippen LogP contribution in [0, 0.1) is 22.7 Å². The number of hydrogen-bond acceptors (Lipinski definition) is 3. The topological polar surface area (TPSA) is 61.4 Å². The molecule has 4 nitrogen and oxygen atoms in total. The van der Waals surface area contributed by atoms with Crippen molar-refractivity contribution in [1.82, 2.24) is 10.6 Å². The Balaban J connectivity index is 1.76. The Morgan fingerprint density at radius 1 is 1.29 bits per heavy atom. The normalized spacial score (nSPS) is 48.0. The van der Waals surface area contributed by atoms with E-state index in [1.54, 1.807) is 0 Å². The van der Waals surface area contributed by atoms with Crippen molar-refractivity contribution in [3.05, 3.63) is 23.9 Å². The predicted molar refractivity (Wildman–Crippen MR) is 94.1 cm³/mol. The zero-order valence-electron chi connectivity index (χ0n) is 14.9. The minimum Gasteiger partial charge on any atom is -0.393 e. The van der Waals surface area contributed by atoms with Gasteiger partial charge >= 0.3 is 0 Å². The maximum atomic E-state index is 12.0. The van der Waals surface area contributed by atoms with Crippen LogP contribution in [0.4, 0.5) is 0 Å². The largest absolute Gasteiger partial charge is 0.393 e. The van der Waals surface area contributed by atoms with Gasteiger partial charge in [0.25, 0.3) is 0 Å². The molecule has 132 valence electrons. The van der Waals surface area contributed by atoms with Gasteiger partial charge in [0.1, 0.15) is 0 Å². The number of nitrogens with one attached hydrogen (secondary N) is 2. The fourth-order valence-electron chi connectivity index (χ4n) is 6.28. The van der Waals surface area contributed by atoms with E-state index in [2.05, 4.69) is 31.1 Å². The number of carbonyl (C=O) groups excluding carboxylic acids is 1. The van der Waals surface area contributed by atoms with E-state index >= 15 is 0 Å². The minimum atomic E-state index is -0.220. The van der Waals surface area contributed by atoms with E-state index in [4.69, 9.17) is 0 Å². The zero-order chi connectivity index (χ0) is 17.1. The van der Waals surface area contributed by atoms with E-state index in [0.717, 1.165) is 50.8 Å². The molecule has 4 aliphatic rings. The van der Waals surface area contributed by atoms with Crippen LogP contribution in [0.25, 0.3) is 0 Å². The number of carbonyl (C=O) groups is 1. The van der Waals surface area contributed by atoms with Crippen LogP contribution >= 0.6 is 0 Å². The highest BCUT2D eigenvalue weighted by Gasteiger charge is 2.57. The average Bonchev–Trinajstić information content (AvgIpc) is 2.65. The Bertz CT molecular complexity index is 613. The minimum absolute atomic E-state index is 0.0101. The van der Waals surface area contributed by atoms with Crippen molar-refractivity contribution in [1.29, 1.82) is 0 Å². The molecule has 0 radical (unpaired) electrons. The van der Waals surface area contributed by atoms with E-state index in [-0.39, 0.29) is 22.8 Å². The Labute approximate surface area is 144 Å². The highest BCUT2D eigenvalue weighted by atomic mass is 16.3. The number of rotatable bonds is 0. The van der Waals surface area contributed by atoms with Gasteiger partial charge in [-0.15, -0.1) is 0 Å². The van der Waals surface area contributed by atoms with E-state index in [0.29, 0.717) is 17.9 Å². The Hall–Kier alpha value is -1.29. The fraction of sp³-hybridized carbons (Fsp3) is 0.750. The van der Waals surface area contributed by atoms with Gasteiger partial charge in [-0.25, -0.2) is 0 Å². The summed E-state index contributed by atoms with van der Waals surface area (Å²) >= 11 is 0. The first-order chi connectivity index (χ1) is 11.3. The van der Waals surface area contributed by atoms with Gasteiger partial charge < -0.3 is 15.7 Å².